The summed E-state index contributed by atoms with van der Waals surface area (Å²) in [4.78, 5) is 2.39. The Hall–Kier alpha value is -1.13. The number of methoxy groups -OCH3 is 2. The standard InChI is InChI=1S/C16H25ClN2O2/c1-6-11-9-18-16(2,3)10-19(11)13-7-12(17)14(20-4)8-15(13)21-5/h7-8,11,18H,6,9-10H2,1-5H3. The molecule has 118 valence electrons. The fraction of sp³-hybridized carbons (Fsp3) is 0.625. The minimum Gasteiger partial charge on any atom is -0.495 e. The topological polar surface area (TPSA) is 33.7 Å². The van der Waals surface area contributed by atoms with Crippen LogP contribution in [0.1, 0.15) is 27.2 Å². The normalized spacial score (nSPS) is 21.2. The van der Waals surface area contributed by atoms with E-state index < -0.39 is 0 Å². The van der Waals surface area contributed by atoms with Crippen LogP contribution in [0.4, 0.5) is 5.69 Å². The molecule has 1 unspecified atom stereocenters. The van der Waals surface area contributed by atoms with Crippen LogP contribution < -0.4 is 19.7 Å². The largest absolute Gasteiger partial charge is 0.495 e. The van der Waals surface area contributed by atoms with Gasteiger partial charge < -0.3 is 19.7 Å². The van der Waals surface area contributed by atoms with Crippen LogP contribution in [0.3, 0.4) is 0 Å². The Morgan fingerprint density at radius 3 is 2.52 bits per heavy atom. The average Bonchev–Trinajstić information content (AvgIpc) is 2.46. The first kappa shape index (κ1) is 16.2. The maximum atomic E-state index is 6.32. The second-order valence-corrected chi connectivity index (χ2v) is 6.52. The molecular weight excluding hydrogens is 288 g/mol. The van der Waals surface area contributed by atoms with Gasteiger partial charge in [-0.3, -0.25) is 0 Å². The lowest BCUT2D eigenvalue weighted by molar-refractivity contribution is 0.303. The smallest absolute Gasteiger partial charge is 0.145 e. The zero-order valence-electron chi connectivity index (χ0n) is 13.5. The highest BCUT2D eigenvalue weighted by atomic mass is 35.5. The van der Waals surface area contributed by atoms with E-state index in [-0.39, 0.29) is 5.54 Å². The van der Waals surface area contributed by atoms with E-state index in [9.17, 15) is 0 Å². The SMILES string of the molecule is CCC1CNC(C)(C)CN1c1cc(Cl)c(OC)cc1OC. The Labute approximate surface area is 132 Å². The van der Waals surface area contributed by atoms with Crippen LogP contribution in [0.2, 0.25) is 5.02 Å². The van der Waals surface area contributed by atoms with Crippen molar-refractivity contribution in [3.05, 3.63) is 17.2 Å². The summed E-state index contributed by atoms with van der Waals surface area (Å²) >= 11 is 6.32. The van der Waals surface area contributed by atoms with Gasteiger partial charge >= 0.3 is 0 Å². The first-order chi connectivity index (χ1) is 9.91. The zero-order chi connectivity index (χ0) is 15.6. The lowest BCUT2D eigenvalue weighted by Crippen LogP contribution is -2.61. The van der Waals surface area contributed by atoms with Crippen molar-refractivity contribution in [2.45, 2.75) is 38.8 Å². The number of hydrogen-bond donors (Lipinski definition) is 1. The molecule has 0 spiro atoms. The van der Waals surface area contributed by atoms with Gasteiger partial charge in [0, 0.05) is 30.7 Å². The molecule has 1 aliphatic rings. The Kier molecular flexibility index (Phi) is 4.89. The number of anilines is 1. The van der Waals surface area contributed by atoms with Gasteiger partial charge in [0.1, 0.15) is 11.5 Å². The molecule has 1 fully saturated rings. The highest BCUT2D eigenvalue weighted by Crippen LogP contribution is 2.40. The van der Waals surface area contributed by atoms with Crippen molar-refractivity contribution in [3.63, 3.8) is 0 Å². The second kappa shape index (κ2) is 6.32. The van der Waals surface area contributed by atoms with Gasteiger partial charge in [0.2, 0.25) is 0 Å². The van der Waals surface area contributed by atoms with Crippen molar-refractivity contribution >= 4 is 17.3 Å². The van der Waals surface area contributed by atoms with E-state index >= 15 is 0 Å². The molecule has 1 aromatic carbocycles. The van der Waals surface area contributed by atoms with E-state index in [4.69, 9.17) is 21.1 Å². The fourth-order valence-corrected chi connectivity index (χ4v) is 3.07. The van der Waals surface area contributed by atoms with Gasteiger partial charge in [0.15, 0.2) is 0 Å². The molecule has 4 nitrogen and oxygen atoms in total. The third-order valence-corrected chi connectivity index (χ3v) is 4.35. The molecule has 0 saturated carbocycles. The molecule has 0 amide bonds. The first-order valence-electron chi connectivity index (χ1n) is 7.35. The van der Waals surface area contributed by atoms with Gasteiger partial charge in [-0.1, -0.05) is 18.5 Å². The number of hydrogen-bond acceptors (Lipinski definition) is 4. The zero-order valence-corrected chi connectivity index (χ0v) is 14.3. The van der Waals surface area contributed by atoms with Crippen LogP contribution in [-0.2, 0) is 0 Å². The van der Waals surface area contributed by atoms with Crippen LogP contribution in [0.15, 0.2) is 12.1 Å². The van der Waals surface area contributed by atoms with Crippen molar-refractivity contribution in [3.8, 4) is 11.5 Å². The van der Waals surface area contributed by atoms with E-state index in [1.54, 1.807) is 14.2 Å². The van der Waals surface area contributed by atoms with E-state index in [1.807, 2.05) is 12.1 Å². The monoisotopic (exact) mass is 312 g/mol. The van der Waals surface area contributed by atoms with Crippen LogP contribution in [0.25, 0.3) is 0 Å². The number of ether oxygens (including phenoxy) is 2. The van der Waals surface area contributed by atoms with Crippen LogP contribution in [0, 0.1) is 0 Å². The minimum atomic E-state index is 0.0586. The lowest BCUT2D eigenvalue weighted by Gasteiger charge is -2.46. The Balaban J connectivity index is 2.44. The van der Waals surface area contributed by atoms with Crippen LogP contribution in [0.5, 0.6) is 11.5 Å². The summed E-state index contributed by atoms with van der Waals surface area (Å²) in [7, 11) is 3.30. The highest BCUT2D eigenvalue weighted by Gasteiger charge is 2.33. The van der Waals surface area contributed by atoms with Crippen LogP contribution >= 0.6 is 11.6 Å². The molecule has 5 heteroatoms. The first-order valence-corrected chi connectivity index (χ1v) is 7.73. The van der Waals surface area contributed by atoms with Gasteiger partial charge in [-0.05, 0) is 26.3 Å². The summed E-state index contributed by atoms with van der Waals surface area (Å²) in [5, 5.41) is 4.20. The number of rotatable bonds is 4. The highest BCUT2D eigenvalue weighted by molar-refractivity contribution is 6.32. The van der Waals surface area contributed by atoms with Gasteiger partial charge in [0.05, 0.1) is 24.9 Å². The van der Waals surface area contributed by atoms with Gasteiger partial charge in [-0.15, -0.1) is 0 Å². The number of halogens is 1. The molecule has 21 heavy (non-hydrogen) atoms. The maximum absolute atomic E-state index is 6.32. The molecule has 0 aliphatic carbocycles. The van der Waals surface area contributed by atoms with Crippen molar-refractivity contribution in [1.29, 1.82) is 0 Å². The van der Waals surface area contributed by atoms with E-state index in [2.05, 4.69) is 31.0 Å². The lowest BCUT2D eigenvalue weighted by atomic mass is 9.96. The van der Waals surface area contributed by atoms with Crippen LogP contribution in [-0.4, -0.2) is 38.9 Å². The Morgan fingerprint density at radius 1 is 1.29 bits per heavy atom. The molecule has 1 heterocycles. The Bertz CT molecular complexity index is 505. The van der Waals surface area contributed by atoms with E-state index in [1.165, 1.54) is 0 Å². The molecule has 1 aromatic rings. The van der Waals surface area contributed by atoms with E-state index in [0.29, 0.717) is 16.8 Å². The van der Waals surface area contributed by atoms with Crippen molar-refractivity contribution in [2.75, 3.05) is 32.2 Å². The predicted octanol–water partition coefficient (Wildman–Crippen LogP) is 3.32. The summed E-state index contributed by atoms with van der Waals surface area (Å²) in [5.74, 6) is 1.44. The Morgan fingerprint density at radius 2 is 1.95 bits per heavy atom. The minimum absolute atomic E-state index is 0.0586. The molecule has 0 radical (unpaired) electrons. The average molecular weight is 313 g/mol. The summed E-state index contributed by atoms with van der Waals surface area (Å²) in [6.07, 6.45) is 1.07. The molecular formula is C16H25ClN2O2. The van der Waals surface area contributed by atoms with Crippen molar-refractivity contribution in [2.24, 2.45) is 0 Å². The predicted molar refractivity (Wildman–Crippen MR) is 88.1 cm³/mol. The molecule has 2 rings (SSSR count). The summed E-state index contributed by atoms with van der Waals surface area (Å²) in [5.41, 5.74) is 1.09. The van der Waals surface area contributed by atoms with Crippen molar-refractivity contribution in [1.82, 2.24) is 5.32 Å². The van der Waals surface area contributed by atoms with Crippen molar-refractivity contribution < 1.29 is 9.47 Å². The maximum Gasteiger partial charge on any atom is 0.145 e. The molecule has 0 aromatic heterocycles. The number of nitrogens with one attached hydrogen (secondary N) is 1. The van der Waals surface area contributed by atoms with Gasteiger partial charge in [-0.25, -0.2) is 0 Å². The summed E-state index contributed by atoms with van der Waals surface area (Å²) in [6.45, 7) is 8.49. The summed E-state index contributed by atoms with van der Waals surface area (Å²) < 4.78 is 10.8. The summed E-state index contributed by atoms with van der Waals surface area (Å²) in [6, 6.07) is 4.24. The van der Waals surface area contributed by atoms with Gasteiger partial charge in [0.25, 0.3) is 0 Å². The number of piperazine rings is 1. The fourth-order valence-electron chi connectivity index (χ4n) is 2.83. The van der Waals surface area contributed by atoms with E-state index in [0.717, 1.165) is 30.9 Å². The molecule has 1 aliphatic heterocycles. The second-order valence-electron chi connectivity index (χ2n) is 6.11. The quantitative estimate of drug-likeness (QED) is 0.924. The molecule has 1 saturated heterocycles. The molecule has 1 atom stereocenters. The number of nitrogens with zero attached hydrogens (tertiary/aromatic N) is 1. The van der Waals surface area contributed by atoms with Gasteiger partial charge in [-0.2, -0.15) is 0 Å². The third-order valence-electron chi connectivity index (χ3n) is 4.06. The molecule has 1 N–H and O–H groups in total. The molecule has 0 bridgehead atoms. The third kappa shape index (κ3) is 3.38. The number of benzene rings is 1.